The van der Waals surface area contributed by atoms with Gasteiger partial charge in [-0.25, -0.2) is 0 Å². The van der Waals surface area contributed by atoms with Crippen LogP contribution < -0.4 is 0 Å². The lowest BCUT2D eigenvalue weighted by Gasteiger charge is -2.09. The first-order valence-electron chi connectivity index (χ1n) is 4.30. The molecule has 0 amide bonds. The number of ketones is 1. The third-order valence-corrected chi connectivity index (χ3v) is 2.03. The summed E-state index contributed by atoms with van der Waals surface area (Å²) in [6.45, 7) is 2.04. The van der Waals surface area contributed by atoms with E-state index >= 15 is 0 Å². The van der Waals surface area contributed by atoms with Gasteiger partial charge in [0.1, 0.15) is 0 Å². The summed E-state index contributed by atoms with van der Waals surface area (Å²) >= 11 is 0. The van der Waals surface area contributed by atoms with Gasteiger partial charge in [-0.2, -0.15) is 0 Å². The SMILES string of the molecule is CC/C=C/CC1C(=O)C=CC1O. The minimum absolute atomic E-state index is 0.0447. The van der Waals surface area contributed by atoms with E-state index in [1.807, 2.05) is 19.1 Å². The molecule has 0 fully saturated rings. The second kappa shape index (κ2) is 4.21. The molecule has 1 rings (SSSR count). The van der Waals surface area contributed by atoms with E-state index in [2.05, 4.69) is 0 Å². The van der Waals surface area contributed by atoms with Crippen molar-refractivity contribution in [2.75, 3.05) is 0 Å². The van der Waals surface area contributed by atoms with Crippen LogP contribution in [0.5, 0.6) is 0 Å². The lowest BCUT2D eigenvalue weighted by atomic mass is 9.99. The Hall–Kier alpha value is -0.890. The van der Waals surface area contributed by atoms with E-state index in [4.69, 9.17) is 0 Å². The molecule has 2 unspecified atom stereocenters. The monoisotopic (exact) mass is 166 g/mol. The Morgan fingerprint density at radius 3 is 2.83 bits per heavy atom. The quantitative estimate of drug-likeness (QED) is 0.644. The highest BCUT2D eigenvalue weighted by Crippen LogP contribution is 2.19. The van der Waals surface area contributed by atoms with Crippen molar-refractivity contribution in [1.29, 1.82) is 0 Å². The van der Waals surface area contributed by atoms with Crippen molar-refractivity contribution in [3.8, 4) is 0 Å². The predicted molar refractivity (Wildman–Crippen MR) is 47.7 cm³/mol. The highest BCUT2D eigenvalue weighted by Gasteiger charge is 2.26. The lowest BCUT2D eigenvalue weighted by molar-refractivity contribution is -0.119. The summed E-state index contributed by atoms with van der Waals surface area (Å²) in [5, 5.41) is 9.32. The van der Waals surface area contributed by atoms with Crippen molar-refractivity contribution in [2.45, 2.75) is 25.9 Å². The molecule has 0 heterocycles. The summed E-state index contributed by atoms with van der Waals surface area (Å²) in [6, 6.07) is 0. The van der Waals surface area contributed by atoms with E-state index in [0.717, 1.165) is 6.42 Å². The van der Waals surface area contributed by atoms with Crippen LogP contribution >= 0.6 is 0 Å². The van der Waals surface area contributed by atoms with Crippen LogP contribution in [0.4, 0.5) is 0 Å². The molecule has 66 valence electrons. The van der Waals surface area contributed by atoms with Gasteiger partial charge in [0.05, 0.1) is 12.0 Å². The maximum Gasteiger partial charge on any atom is 0.161 e. The second-order valence-corrected chi connectivity index (χ2v) is 2.97. The van der Waals surface area contributed by atoms with Gasteiger partial charge in [-0.1, -0.05) is 25.2 Å². The van der Waals surface area contributed by atoms with Crippen molar-refractivity contribution in [3.63, 3.8) is 0 Å². The zero-order valence-electron chi connectivity index (χ0n) is 7.23. The smallest absolute Gasteiger partial charge is 0.161 e. The minimum atomic E-state index is -0.570. The van der Waals surface area contributed by atoms with Crippen LogP contribution in [-0.2, 0) is 4.79 Å². The Balaban J connectivity index is 2.42. The fourth-order valence-electron chi connectivity index (χ4n) is 1.28. The number of hydrogen-bond acceptors (Lipinski definition) is 2. The molecule has 0 aromatic rings. The number of carbonyl (C=O) groups is 1. The Morgan fingerprint density at radius 1 is 1.58 bits per heavy atom. The van der Waals surface area contributed by atoms with Crippen LogP contribution in [0.3, 0.4) is 0 Å². The van der Waals surface area contributed by atoms with Gasteiger partial charge in [0.2, 0.25) is 0 Å². The normalized spacial score (nSPS) is 29.0. The minimum Gasteiger partial charge on any atom is -0.388 e. The number of hydrogen-bond donors (Lipinski definition) is 1. The van der Waals surface area contributed by atoms with E-state index in [0.29, 0.717) is 6.42 Å². The summed E-state index contributed by atoms with van der Waals surface area (Å²) in [7, 11) is 0. The van der Waals surface area contributed by atoms with Gasteiger partial charge in [0, 0.05) is 0 Å². The number of allylic oxidation sites excluding steroid dienone is 3. The van der Waals surface area contributed by atoms with E-state index in [1.54, 1.807) is 6.08 Å². The molecule has 0 spiro atoms. The van der Waals surface area contributed by atoms with Crippen molar-refractivity contribution in [3.05, 3.63) is 24.3 Å². The Morgan fingerprint density at radius 2 is 2.33 bits per heavy atom. The Kier molecular flexibility index (Phi) is 3.23. The molecular formula is C10H14O2. The molecule has 2 heteroatoms. The first-order valence-corrected chi connectivity index (χ1v) is 4.30. The molecule has 0 saturated carbocycles. The first-order chi connectivity index (χ1) is 5.75. The van der Waals surface area contributed by atoms with Crippen molar-refractivity contribution in [1.82, 2.24) is 0 Å². The number of rotatable bonds is 3. The highest BCUT2D eigenvalue weighted by molar-refractivity contribution is 5.95. The number of aliphatic hydroxyl groups is 1. The van der Waals surface area contributed by atoms with Gasteiger partial charge in [-0.3, -0.25) is 4.79 Å². The van der Waals surface area contributed by atoms with Crippen molar-refractivity contribution in [2.24, 2.45) is 5.92 Å². The van der Waals surface area contributed by atoms with Crippen LogP contribution in [-0.4, -0.2) is 17.0 Å². The average molecular weight is 166 g/mol. The van der Waals surface area contributed by atoms with E-state index in [-0.39, 0.29) is 11.7 Å². The summed E-state index contributed by atoms with van der Waals surface area (Å²) in [4.78, 5) is 11.1. The molecule has 2 atom stereocenters. The molecule has 0 radical (unpaired) electrons. The summed E-state index contributed by atoms with van der Waals surface area (Å²) in [5.74, 6) is -0.184. The fraction of sp³-hybridized carbons (Fsp3) is 0.500. The first kappa shape index (κ1) is 9.20. The molecule has 0 bridgehead atoms. The zero-order valence-corrected chi connectivity index (χ0v) is 7.23. The molecule has 0 saturated heterocycles. The van der Waals surface area contributed by atoms with E-state index in [1.165, 1.54) is 6.08 Å². The number of aliphatic hydroxyl groups excluding tert-OH is 1. The van der Waals surface area contributed by atoms with Crippen LogP contribution in [0, 0.1) is 5.92 Å². The second-order valence-electron chi connectivity index (χ2n) is 2.97. The third-order valence-electron chi connectivity index (χ3n) is 2.03. The van der Waals surface area contributed by atoms with Gasteiger partial charge in [-0.05, 0) is 18.9 Å². The van der Waals surface area contributed by atoms with Gasteiger partial charge < -0.3 is 5.11 Å². The zero-order chi connectivity index (χ0) is 8.97. The summed E-state index contributed by atoms with van der Waals surface area (Å²) in [6.07, 6.45) is 8.06. The predicted octanol–water partition coefficient (Wildman–Crippen LogP) is 1.46. The van der Waals surface area contributed by atoms with Crippen LogP contribution in [0.25, 0.3) is 0 Å². The Bertz CT molecular complexity index is 216. The number of carbonyl (C=O) groups excluding carboxylic acids is 1. The van der Waals surface area contributed by atoms with Gasteiger partial charge >= 0.3 is 0 Å². The largest absolute Gasteiger partial charge is 0.388 e. The molecule has 0 aromatic carbocycles. The summed E-state index contributed by atoms with van der Waals surface area (Å²) < 4.78 is 0. The molecule has 0 aromatic heterocycles. The van der Waals surface area contributed by atoms with Crippen LogP contribution in [0.2, 0.25) is 0 Å². The maximum atomic E-state index is 11.1. The van der Waals surface area contributed by atoms with E-state index in [9.17, 15) is 9.90 Å². The maximum absolute atomic E-state index is 11.1. The molecule has 1 aliphatic carbocycles. The highest BCUT2D eigenvalue weighted by atomic mass is 16.3. The third kappa shape index (κ3) is 2.05. The van der Waals surface area contributed by atoms with Gasteiger partial charge in [0.15, 0.2) is 5.78 Å². The lowest BCUT2D eigenvalue weighted by Crippen LogP contribution is -2.18. The van der Waals surface area contributed by atoms with Crippen molar-refractivity contribution < 1.29 is 9.90 Å². The van der Waals surface area contributed by atoms with Gasteiger partial charge in [-0.15, -0.1) is 0 Å². The van der Waals surface area contributed by atoms with Crippen molar-refractivity contribution >= 4 is 5.78 Å². The molecule has 1 aliphatic rings. The fourth-order valence-corrected chi connectivity index (χ4v) is 1.28. The molecule has 0 aliphatic heterocycles. The van der Waals surface area contributed by atoms with E-state index < -0.39 is 6.10 Å². The van der Waals surface area contributed by atoms with Gasteiger partial charge in [0.25, 0.3) is 0 Å². The molecule has 12 heavy (non-hydrogen) atoms. The van der Waals surface area contributed by atoms with Crippen LogP contribution in [0.1, 0.15) is 19.8 Å². The standard InChI is InChI=1S/C10H14O2/c1-2-3-4-5-8-9(11)6-7-10(8)12/h3-4,6-9,11H,2,5H2,1H3/b4-3+. The summed E-state index contributed by atoms with van der Waals surface area (Å²) in [5.41, 5.74) is 0. The molecule has 1 N–H and O–H groups in total. The average Bonchev–Trinajstić information content (AvgIpc) is 2.35. The molecular weight excluding hydrogens is 152 g/mol. The Labute approximate surface area is 72.6 Å². The molecule has 2 nitrogen and oxygen atoms in total. The van der Waals surface area contributed by atoms with Crippen LogP contribution in [0.15, 0.2) is 24.3 Å². The topological polar surface area (TPSA) is 37.3 Å².